The smallest absolute Gasteiger partial charge is 0.227 e. The Kier molecular flexibility index (Phi) is 5.73. The van der Waals surface area contributed by atoms with Crippen molar-refractivity contribution in [1.82, 2.24) is 15.2 Å². The number of nitrogens with zero attached hydrogens (tertiary/aromatic N) is 4. The largest absolute Gasteiger partial charge is 0.355 e. The molecule has 0 radical (unpaired) electrons. The molecule has 166 valence electrons. The number of amides is 1. The number of hydrogen-bond donors (Lipinski definition) is 1. The highest BCUT2D eigenvalue weighted by Crippen LogP contribution is 2.27. The zero-order chi connectivity index (χ0) is 22.8. The van der Waals surface area contributed by atoms with Crippen LogP contribution in [0.1, 0.15) is 24.1 Å². The molecule has 2 aromatic heterocycles. The first kappa shape index (κ1) is 21.1. The molecule has 3 heterocycles. The highest BCUT2D eigenvalue weighted by Gasteiger charge is 2.26. The van der Waals surface area contributed by atoms with Gasteiger partial charge in [-0.05, 0) is 56.5 Å². The Morgan fingerprint density at radius 2 is 1.70 bits per heavy atom. The molecule has 1 fully saturated rings. The minimum Gasteiger partial charge on any atom is -0.355 e. The summed E-state index contributed by atoms with van der Waals surface area (Å²) in [5.41, 5.74) is 5.80. The Morgan fingerprint density at radius 1 is 0.939 bits per heavy atom. The molecule has 0 saturated carbocycles. The van der Waals surface area contributed by atoms with E-state index in [0.717, 1.165) is 65.3 Å². The molecule has 1 N–H and O–H groups in total. The molecule has 0 atom stereocenters. The SMILES string of the molecule is Cc1cc(NC(=O)C2CCN(c3ccc(-c4ccccc4C)nn3)CC2)c2ccccc2n1. The van der Waals surface area contributed by atoms with Crippen molar-refractivity contribution in [3.8, 4) is 11.3 Å². The molecule has 0 unspecified atom stereocenters. The molecular weight excluding hydrogens is 410 g/mol. The zero-order valence-corrected chi connectivity index (χ0v) is 19.0. The van der Waals surface area contributed by atoms with Crippen LogP contribution in [0.5, 0.6) is 0 Å². The summed E-state index contributed by atoms with van der Waals surface area (Å²) >= 11 is 0. The van der Waals surface area contributed by atoms with Crippen molar-refractivity contribution in [1.29, 1.82) is 0 Å². The Morgan fingerprint density at radius 3 is 2.45 bits per heavy atom. The lowest BCUT2D eigenvalue weighted by atomic mass is 9.95. The quantitative estimate of drug-likeness (QED) is 0.477. The number of pyridine rings is 1. The fourth-order valence-corrected chi connectivity index (χ4v) is 4.51. The number of piperidine rings is 1. The molecule has 5 rings (SSSR count). The lowest BCUT2D eigenvalue weighted by molar-refractivity contribution is -0.120. The normalized spacial score (nSPS) is 14.4. The minimum atomic E-state index is -0.0207. The monoisotopic (exact) mass is 437 g/mol. The second kappa shape index (κ2) is 8.98. The molecule has 6 nitrogen and oxygen atoms in total. The van der Waals surface area contributed by atoms with Gasteiger partial charge in [-0.1, -0.05) is 42.5 Å². The summed E-state index contributed by atoms with van der Waals surface area (Å²) in [5, 5.41) is 13.1. The summed E-state index contributed by atoms with van der Waals surface area (Å²) in [5.74, 6) is 0.918. The van der Waals surface area contributed by atoms with E-state index in [-0.39, 0.29) is 11.8 Å². The van der Waals surface area contributed by atoms with Gasteiger partial charge in [-0.2, -0.15) is 0 Å². The maximum atomic E-state index is 13.0. The van der Waals surface area contributed by atoms with Crippen LogP contribution in [-0.2, 0) is 4.79 Å². The zero-order valence-electron chi connectivity index (χ0n) is 19.0. The Hall–Kier alpha value is -3.80. The summed E-state index contributed by atoms with van der Waals surface area (Å²) in [6.45, 7) is 5.60. The van der Waals surface area contributed by atoms with Gasteiger partial charge in [0.25, 0.3) is 0 Å². The van der Waals surface area contributed by atoms with E-state index in [1.165, 1.54) is 5.56 Å². The molecule has 0 spiro atoms. The third-order valence-corrected chi connectivity index (χ3v) is 6.36. The standard InChI is InChI=1S/C27H27N5O/c1-18-7-3-4-8-21(18)24-11-12-26(31-30-24)32-15-13-20(14-16-32)27(33)29-25-17-19(2)28-23-10-6-5-9-22(23)25/h3-12,17,20H,13-16H2,1-2H3,(H,28,29,33). The average molecular weight is 438 g/mol. The van der Waals surface area contributed by atoms with E-state index in [2.05, 4.69) is 44.5 Å². The molecule has 0 bridgehead atoms. The summed E-state index contributed by atoms with van der Waals surface area (Å²) < 4.78 is 0. The predicted octanol–water partition coefficient (Wildman–Crippen LogP) is 5.16. The Labute approximate surface area is 193 Å². The second-order valence-corrected chi connectivity index (χ2v) is 8.67. The maximum Gasteiger partial charge on any atom is 0.227 e. The molecule has 6 heteroatoms. The Balaban J connectivity index is 1.23. The number of hydrogen-bond acceptors (Lipinski definition) is 5. The van der Waals surface area contributed by atoms with Gasteiger partial charge in [0.1, 0.15) is 0 Å². The van der Waals surface area contributed by atoms with Crippen molar-refractivity contribution >= 4 is 28.3 Å². The van der Waals surface area contributed by atoms with E-state index in [0.29, 0.717) is 0 Å². The highest BCUT2D eigenvalue weighted by molar-refractivity contribution is 6.01. The van der Waals surface area contributed by atoms with E-state index < -0.39 is 0 Å². The van der Waals surface area contributed by atoms with Gasteiger partial charge < -0.3 is 10.2 Å². The van der Waals surface area contributed by atoms with Crippen molar-refractivity contribution in [3.05, 3.63) is 78.0 Å². The van der Waals surface area contributed by atoms with Gasteiger partial charge in [0.2, 0.25) is 5.91 Å². The number of carbonyl (C=O) groups is 1. The van der Waals surface area contributed by atoms with Crippen molar-refractivity contribution in [3.63, 3.8) is 0 Å². The average Bonchev–Trinajstić information content (AvgIpc) is 2.84. The molecule has 1 amide bonds. The molecule has 1 aliphatic rings. The van der Waals surface area contributed by atoms with Crippen LogP contribution in [0.4, 0.5) is 11.5 Å². The van der Waals surface area contributed by atoms with E-state index in [1.807, 2.05) is 61.5 Å². The van der Waals surface area contributed by atoms with E-state index in [4.69, 9.17) is 0 Å². The first-order chi connectivity index (χ1) is 16.1. The number of anilines is 2. The molecular formula is C27H27N5O. The van der Waals surface area contributed by atoms with Crippen LogP contribution in [0.25, 0.3) is 22.2 Å². The number of rotatable bonds is 4. The molecule has 33 heavy (non-hydrogen) atoms. The topological polar surface area (TPSA) is 71.0 Å². The van der Waals surface area contributed by atoms with E-state index in [1.54, 1.807) is 0 Å². The van der Waals surface area contributed by atoms with Crippen molar-refractivity contribution in [2.45, 2.75) is 26.7 Å². The van der Waals surface area contributed by atoms with Gasteiger partial charge in [0, 0.05) is 35.7 Å². The van der Waals surface area contributed by atoms with Gasteiger partial charge in [-0.15, -0.1) is 10.2 Å². The predicted molar refractivity (Wildman–Crippen MR) is 132 cm³/mol. The highest BCUT2D eigenvalue weighted by atomic mass is 16.1. The van der Waals surface area contributed by atoms with Gasteiger partial charge in [-0.3, -0.25) is 9.78 Å². The summed E-state index contributed by atoms with van der Waals surface area (Å²) in [4.78, 5) is 19.8. The van der Waals surface area contributed by atoms with Gasteiger partial charge in [0.15, 0.2) is 5.82 Å². The third-order valence-electron chi connectivity index (χ3n) is 6.36. The van der Waals surface area contributed by atoms with Crippen molar-refractivity contribution in [2.24, 2.45) is 5.92 Å². The lowest BCUT2D eigenvalue weighted by Gasteiger charge is -2.32. The summed E-state index contributed by atoms with van der Waals surface area (Å²) in [7, 11) is 0. The minimum absolute atomic E-state index is 0.0207. The van der Waals surface area contributed by atoms with Crippen LogP contribution in [0.3, 0.4) is 0 Å². The second-order valence-electron chi connectivity index (χ2n) is 8.67. The molecule has 1 saturated heterocycles. The summed E-state index contributed by atoms with van der Waals surface area (Å²) in [6, 6.07) is 22.1. The Bertz CT molecular complexity index is 1290. The van der Waals surface area contributed by atoms with Crippen LogP contribution in [-0.4, -0.2) is 34.2 Å². The first-order valence-electron chi connectivity index (χ1n) is 11.4. The fraction of sp³-hybridized carbons (Fsp3) is 0.259. The number of para-hydroxylation sites is 1. The van der Waals surface area contributed by atoms with Crippen LogP contribution in [0, 0.1) is 19.8 Å². The lowest BCUT2D eigenvalue weighted by Crippen LogP contribution is -2.38. The number of carbonyl (C=O) groups excluding carboxylic acids is 1. The van der Waals surface area contributed by atoms with Crippen LogP contribution >= 0.6 is 0 Å². The molecule has 2 aromatic carbocycles. The fourth-order valence-electron chi connectivity index (χ4n) is 4.51. The van der Waals surface area contributed by atoms with Gasteiger partial charge in [0.05, 0.1) is 16.9 Å². The van der Waals surface area contributed by atoms with Gasteiger partial charge >= 0.3 is 0 Å². The van der Waals surface area contributed by atoms with Crippen LogP contribution in [0.2, 0.25) is 0 Å². The van der Waals surface area contributed by atoms with E-state index >= 15 is 0 Å². The van der Waals surface area contributed by atoms with Crippen LogP contribution < -0.4 is 10.2 Å². The van der Waals surface area contributed by atoms with Gasteiger partial charge in [-0.25, -0.2) is 0 Å². The summed E-state index contributed by atoms with van der Waals surface area (Å²) in [6.07, 6.45) is 1.57. The third kappa shape index (κ3) is 4.42. The molecule has 1 aliphatic heterocycles. The van der Waals surface area contributed by atoms with Crippen molar-refractivity contribution < 1.29 is 4.79 Å². The number of nitrogens with one attached hydrogen (secondary N) is 1. The van der Waals surface area contributed by atoms with Crippen molar-refractivity contribution in [2.75, 3.05) is 23.3 Å². The molecule has 0 aliphatic carbocycles. The maximum absolute atomic E-state index is 13.0. The number of fused-ring (bicyclic) bond motifs is 1. The molecule has 4 aromatic rings. The first-order valence-corrected chi connectivity index (χ1v) is 11.4. The number of aromatic nitrogens is 3. The number of benzene rings is 2. The van der Waals surface area contributed by atoms with Crippen LogP contribution in [0.15, 0.2) is 66.7 Å². The number of aryl methyl sites for hydroxylation is 2. The van der Waals surface area contributed by atoms with E-state index in [9.17, 15) is 4.79 Å².